The number of amides is 1. The zero-order chi connectivity index (χ0) is 27.6. The number of nitrogens with zero attached hydrogens (tertiary/aromatic N) is 3. The number of nitrogens with one attached hydrogen (secondary N) is 1. The summed E-state index contributed by atoms with van der Waals surface area (Å²) in [6.07, 6.45) is 6.05. The van der Waals surface area contributed by atoms with E-state index in [0.29, 0.717) is 53.1 Å². The van der Waals surface area contributed by atoms with E-state index in [1.807, 2.05) is 0 Å². The van der Waals surface area contributed by atoms with Gasteiger partial charge in [-0.2, -0.15) is 4.31 Å². The number of benzene rings is 1. The van der Waals surface area contributed by atoms with Gasteiger partial charge in [0.2, 0.25) is 21.8 Å². The van der Waals surface area contributed by atoms with E-state index in [2.05, 4.69) is 15.3 Å². The number of hydrogen-bond donors (Lipinski definition) is 2. The van der Waals surface area contributed by atoms with E-state index in [1.54, 1.807) is 31.4 Å². The molecule has 2 aromatic heterocycles. The lowest BCUT2D eigenvalue weighted by Gasteiger charge is -2.24. The standard InChI is InChI=1S/C27H32N4O6S2/c1-37-23-13-12-22-26(29-23)38-27(28-22)30-25(34)21(15-17-5-2-3-6-17)18-8-10-20(11-9-18)39(35,36)31-14-4-7-19(31)16-24(32)33/h8-13,17,19,21H,2-7,14-16H2,1H3,(H,32,33)(H,28,30,34). The average molecular weight is 573 g/mol. The molecule has 2 fully saturated rings. The van der Waals surface area contributed by atoms with E-state index in [9.17, 15) is 23.1 Å². The minimum Gasteiger partial charge on any atom is -0.481 e. The summed E-state index contributed by atoms with van der Waals surface area (Å²) < 4.78 is 33.1. The van der Waals surface area contributed by atoms with Gasteiger partial charge in [-0.05, 0) is 48.9 Å². The molecule has 1 aliphatic carbocycles. The summed E-state index contributed by atoms with van der Waals surface area (Å²) in [5.41, 5.74) is 1.41. The Morgan fingerprint density at radius 2 is 1.85 bits per heavy atom. The van der Waals surface area contributed by atoms with Crippen molar-refractivity contribution in [3.05, 3.63) is 42.0 Å². The molecule has 2 unspecified atom stereocenters. The number of carboxylic acids is 1. The number of aromatic nitrogens is 2. The van der Waals surface area contributed by atoms with Gasteiger partial charge >= 0.3 is 5.97 Å². The first-order valence-electron chi connectivity index (χ1n) is 13.2. The van der Waals surface area contributed by atoms with Gasteiger partial charge in [-0.3, -0.25) is 9.59 Å². The normalized spacial score (nSPS) is 19.4. The predicted molar refractivity (Wildman–Crippen MR) is 148 cm³/mol. The van der Waals surface area contributed by atoms with Gasteiger partial charge in [-0.25, -0.2) is 18.4 Å². The van der Waals surface area contributed by atoms with E-state index in [4.69, 9.17) is 4.74 Å². The Balaban J connectivity index is 1.37. The number of pyridine rings is 1. The van der Waals surface area contributed by atoms with E-state index in [1.165, 1.54) is 27.8 Å². The largest absolute Gasteiger partial charge is 0.481 e. The van der Waals surface area contributed by atoms with Crippen LogP contribution in [0.5, 0.6) is 5.88 Å². The number of hydrogen-bond acceptors (Lipinski definition) is 8. The molecule has 0 spiro atoms. The van der Waals surface area contributed by atoms with E-state index >= 15 is 0 Å². The summed E-state index contributed by atoms with van der Waals surface area (Å²) in [5.74, 6) is -0.773. The van der Waals surface area contributed by atoms with E-state index in [0.717, 1.165) is 31.2 Å². The highest BCUT2D eigenvalue weighted by atomic mass is 32.2. The molecule has 1 saturated carbocycles. The molecule has 3 heterocycles. The molecule has 12 heteroatoms. The molecule has 1 aromatic carbocycles. The van der Waals surface area contributed by atoms with Gasteiger partial charge in [0, 0.05) is 18.7 Å². The van der Waals surface area contributed by atoms with Crippen molar-refractivity contribution in [3.8, 4) is 5.88 Å². The topological polar surface area (TPSA) is 139 Å². The lowest BCUT2D eigenvalue weighted by molar-refractivity contribution is -0.137. The summed E-state index contributed by atoms with van der Waals surface area (Å²) in [6, 6.07) is 9.45. The van der Waals surface area contributed by atoms with Crippen molar-refractivity contribution in [2.75, 3.05) is 19.0 Å². The Hall–Kier alpha value is -3.09. The second-order valence-corrected chi connectivity index (χ2v) is 13.1. The smallest absolute Gasteiger partial charge is 0.304 e. The Morgan fingerprint density at radius 3 is 2.54 bits per heavy atom. The van der Waals surface area contributed by atoms with Crippen molar-refractivity contribution in [2.45, 2.75) is 68.2 Å². The zero-order valence-corrected chi connectivity index (χ0v) is 23.3. The Labute approximate surface area is 231 Å². The first-order valence-corrected chi connectivity index (χ1v) is 15.5. The number of aliphatic carboxylic acids is 1. The van der Waals surface area contributed by atoms with Gasteiger partial charge in [0.1, 0.15) is 10.3 Å². The number of fused-ring (bicyclic) bond motifs is 1. The first kappa shape index (κ1) is 27.5. The van der Waals surface area contributed by atoms with Crippen LogP contribution < -0.4 is 10.1 Å². The minimum absolute atomic E-state index is 0.106. The van der Waals surface area contributed by atoms with Gasteiger partial charge < -0.3 is 15.2 Å². The maximum absolute atomic E-state index is 13.6. The highest BCUT2D eigenvalue weighted by Crippen LogP contribution is 2.36. The van der Waals surface area contributed by atoms with Crippen molar-refractivity contribution in [2.24, 2.45) is 5.92 Å². The molecule has 3 aromatic rings. The number of thiazole rings is 1. The number of anilines is 1. The van der Waals surface area contributed by atoms with Gasteiger partial charge in [-0.15, -0.1) is 0 Å². The average Bonchev–Trinajstić information content (AvgIpc) is 3.67. The van der Waals surface area contributed by atoms with Crippen molar-refractivity contribution in [1.82, 2.24) is 14.3 Å². The van der Waals surface area contributed by atoms with Crippen LogP contribution in [-0.2, 0) is 19.6 Å². The first-order chi connectivity index (χ1) is 18.7. The number of carbonyl (C=O) groups excluding carboxylic acids is 1. The maximum Gasteiger partial charge on any atom is 0.304 e. The van der Waals surface area contributed by atoms with Gasteiger partial charge in [0.05, 0.1) is 24.3 Å². The molecule has 1 saturated heterocycles. The Bertz CT molecular complexity index is 1450. The van der Waals surface area contributed by atoms with E-state index in [-0.39, 0.29) is 17.2 Å². The van der Waals surface area contributed by atoms with Gasteiger partial charge in [0.15, 0.2) is 5.13 Å². The van der Waals surface area contributed by atoms with Crippen LogP contribution in [0.3, 0.4) is 0 Å². The molecule has 0 bridgehead atoms. The highest BCUT2D eigenvalue weighted by Gasteiger charge is 2.36. The lowest BCUT2D eigenvalue weighted by Crippen LogP contribution is -2.36. The Morgan fingerprint density at radius 1 is 1.10 bits per heavy atom. The predicted octanol–water partition coefficient (Wildman–Crippen LogP) is 4.63. The fourth-order valence-corrected chi connectivity index (χ4v) is 8.20. The SMILES string of the molecule is COc1ccc2nc(NC(=O)C(CC3CCCC3)c3ccc(S(=O)(=O)N4CCCC4CC(=O)O)cc3)sc2n1. The van der Waals surface area contributed by atoms with Crippen molar-refractivity contribution < 1.29 is 27.9 Å². The summed E-state index contributed by atoms with van der Waals surface area (Å²) in [5, 5.41) is 12.6. The number of rotatable bonds is 10. The van der Waals surface area contributed by atoms with Crippen LogP contribution >= 0.6 is 11.3 Å². The quantitative estimate of drug-likeness (QED) is 0.359. The molecule has 208 valence electrons. The molecule has 2 atom stereocenters. The fourth-order valence-electron chi connectivity index (χ4n) is 5.67. The van der Waals surface area contributed by atoms with E-state index < -0.39 is 28.0 Å². The van der Waals surface area contributed by atoms with Crippen LogP contribution in [0.1, 0.15) is 62.8 Å². The third kappa shape index (κ3) is 6.07. The minimum atomic E-state index is -3.84. The summed E-state index contributed by atoms with van der Waals surface area (Å²) in [6.45, 7) is 0.303. The zero-order valence-electron chi connectivity index (χ0n) is 21.7. The van der Waals surface area contributed by atoms with Crippen LogP contribution in [0.25, 0.3) is 10.3 Å². The molecule has 39 heavy (non-hydrogen) atoms. The highest BCUT2D eigenvalue weighted by molar-refractivity contribution is 7.89. The van der Waals surface area contributed by atoms with Gasteiger partial charge in [0.25, 0.3) is 0 Å². The van der Waals surface area contributed by atoms with Crippen LogP contribution in [-0.4, -0.2) is 59.4 Å². The molecule has 2 N–H and O–H groups in total. The van der Waals surface area contributed by atoms with Crippen LogP contribution in [0.4, 0.5) is 5.13 Å². The van der Waals surface area contributed by atoms with Crippen molar-refractivity contribution in [3.63, 3.8) is 0 Å². The van der Waals surface area contributed by atoms with Crippen molar-refractivity contribution >= 4 is 48.7 Å². The number of carbonyl (C=O) groups is 2. The Kier molecular flexibility index (Phi) is 8.15. The summed E-state index contributed by atoms with van der Waals surface area (Å²) >= 11 is 1.27. The third-order valence-electron chi connectivity index (χ3n) is 7.65. The van der Waals surface area contributed by atoms with Crippen LogP contribution in [0, 0.1) is 5.92 Å². The molecular formula is C27H32N4O6S2. The molecule has 5 rings (SSSR count). The number of carboxylic acid groups (broad SMARTS) is 1. The van der Waals surface area contributed by atoms with Gasteiger partial charge in [-0.1, -0.05) is 49.2 Å². The monoisotopic (exact) mass is 572 g/mol. The second kappa shape index (κ2) is 11.6. The molecule has 1 amide bonds. The fraction of sp³-hybridized carbons (Fsp3) is 0.481. The molecule has 0 radical (unpaired) electrons. The van der Waals surface area contributed by atoms with Crippen LogP contribution in [0.15, 0.2) is 41.3 Å². The maximum atomic E-state index is 13.6. The number of ether oxygens (including phenoxy) is 1. The van der Waals surface area contributed by atoms with Crippen molar-refractivity contribution in [1.29, 1.82) is 0 Å². The lowest BCUT2D eigenvalue weighted by atomic mass is 9.87. The molecular weight excluding hydrogens is 540 g/mol. The molecule has 2 aliphatic rings. The molecule has 1 aliphatic heterocycles. The van der Waals surface area contributed by atoms with Crippen LogP contribution in [0.2, 0.25) is 0 Å². The second-order valence-electron chi connectivity index (χ2n) is 10.2. The number of methoxy groups -OCH3 is 1. The third-order valence-corrected chi connectivity index (χ3v) is 10.5. The molecule has 10 nitrogen and oxygen atoms in total. The number of sulfonamides is 1. The summed E-state index contributed by atoms with van der Waals surface area (Å²) in [7, 11) is -2.30. The summed E-state index contributed by atoms with van der Waals surface area (Å²) in [4.78, 5) is 34.4.